The van der Waals surface area contributed by atoms with E-state index in [1.165, 1.54) is 0 Å². The molecule has 0 aromatic carbocycles. The Hall–Kier alpha value is -1.34. The van der Waals surface area contributed by atoms with E-state index in [2.05, 4.69) is 9.83 Å². The minimum atomic E-state index is -5.22. The minimum Gasteiger partial charge on any atom is -0.393 e. The Balaban J connectivity index is 0.00000441. The van der Waals surface area contributed by atoms with Crippen LogP contribution in [0.3, 0.4) is 0 Å². The van der Waals surface area contributed by atoms with E-state index >= 15 is 0 Å². The second kappa shape index (κ2) is 7.28. The van der Waals surface area contributed by atoms with Crippen molar-refractivity contribution in [1.29, 1.82) is 0 Å². The average Bonchev–Trinajstić information content (AvgIpc) is 2.31. The fraction of sp³-hybridized carbons (Fsp3) is 0.455. The standard InChI is InChI=1S/C11H8F6N2O2.Cu/c1-3(20)5(11(15,16)17)8(21)4-6(12)9(14)19-10(18-2)7(4)13;/h3,5,8,20-21H,1H3;. The third kappa shape index (κ3) is 3.89. The predicted molar refractivity (Wildman–Crippen MR) is 56.6 cm³/mol. The van der Waals surface area contributed by atoms with Gasteiger partial charge in [0.25, 0.3) is 0 Å². The first kappa shape index (κ1) is 20.7. The monoisotopic (exact) mass is 377 g/mol. The fourth-order valence-electron chi connectivity index (χ4n) is 1.75. The molecule has 1 aromatic rings. The molecule has 22 heavy (non-hydrogen) atoms. The Morgan fingerprint density at radius 2 is 1.64 bits per heavy atom. The van der Waals surface area contributed by atoms with Gasteiger partial charge in [0.15, 0.2) is 5.82 Å². The SMILES string of the molecule is [C-]#[N+]c1nc(F)c(F)c(C(O)C(C(C)O)C(F)(F)F)c1F.[Cu]. The summed E-state index contributed by atoms with van der Waals surface area (Å²) in [5.41, 5.74) is -1.70. The molecule has 0 saturated heterocycles. The van der Waals surface area contributed by atoms with Gasteiger partial charge in [0.05, 0.1) is 17.8 Å². The van der Waals surface area contributed by atoms with Crippen molar-refractivity contribution < 1.29 is 53.6 Å². The largest absolute Gasteiger partial charge is 0.397 e. The number of aromatic nitrogens is 1. The maximum Gasteiger partial charge on any atom is 0.397 e. The van der Waals surface area contributed by atoms with Crippen LogP contribution < -0.4 is 0 Å². The molecule has 0 saturated carbocycles. The molecule has 1 rings (SSSR count). The molecule has 127 valence electrons. The number of aliphatic hydroxyl groups excluding tert-OH is 2. The average molecular weight is 378 g/mol. The van der Waals surface area contributed by atoms with Crippen molar-refractivity contribution in [1.82, 2.24) is 4.98 Å². The first-order valence-corrected chi connectivity index (χ1v) is 5.37. The van der Waals surface area contributed by atoms with Crippen molar-refractivity contribution in [3.8, 4) is 0 Å². The van der Waals surface area contributed by atoms with Gasteiger partial charge in [0.2, 0.25) is 5.82 Å². The number of pyridine rings is 1. The van der Waals surface area contributed by atoms with E-state index in [4.69, 9.17) is 11.7 Å². The quantitative estimate of drug-likeness (QED) is 0.368. The number of halogens is 6. The van der Waals surface area contributed by atoms with Gasteiger partial charge in [-0.1, -0.05) is 11.6 Å². The molecule has 2 N–H and O–H groups in total. The van der Waals surface area contributed by atoms with Crippen molar-refractivity contribution in [2.75, 3.05) is 0 Å². The van der Waals surface area contributed by atoms with E-state index in [0.29, 0.717) is 6.92 Å². The molecule has 0 bridgehead atoms. The van der Waals surface area contributed by atoms with Crippen LogP contribution in [0, 0.1) is 30.1 Å². The van der Waals surface area contributed by atoms with Crippen LogP contribution in [0.1, 0.15) is 18.6 Å². The molecule has 1 aromatic heterocycles. The van der Waals surface area contributed by atoms with Gasteiger partial charge in [-0.2, -0.15) is 22.0 Å². The number of hydrogen-bond acceptors (Lipinski definition) is 3. The third-order valence-electron chi connectivity index (χ3n) is 2.69. The van der Waals surface area contributed by atoms with Crippen LogP contribution in [0.2, 0.25) is 0 Å². The van der Waals surface area contributed by atoms with Crippen LogP contribution in [0.5, 0.6) is 0 Å². The number of nitrogens with zero attached hydrogens (tertiary/aromatic N) is 2. The molecule has 11 heteroatoms. The van der Waals surface area contributed by atoms with Gasteiger partial charge in [-0.3, -0.25) is 0 Å². The summed E-state index contributed by atoms with van der Waals surface area (Å²) in [5, 5.41) is 18.6. The molecule has 1 heterocycles. The summed E-state index contributed by atoms with van der Waals surface area (Å²) in [4.78, 5) is 4.96. The molecule has 0 aliphatic rings. The summed E-state index contributed by atoms with van der Waals surface area (Å²) in [6.07, 6.45) is -10.4. The van der Waals surface area contributed by atoms with Crippen LogP contribution in [-0.4, -0.2) is 27.5 Å². The Morgan fingerprint density at radius 1 is 1.14 bits per heavy atom. The topological polar surface area (TPSA) is 57.7 Å². The molecule has 0 spiro atoms. The van der Waals surface area contributed by atoms with E-state index in [1.54, 1.807) is 0 Å². The zero-order valence-corrected chi connectivity index (χ0v) is 11.5. The molecular formula is C11H8CuF6N2O2. The summed E-state index contributed by atoms with van der Waals surface area (Å²) in [5.74, 6) is -10.4. The van der Waals surface area contributed by atoms with Crippen molar-refractivity contribution in [2.24, 2.45) is 5.92 Å². The molecule has 0 aliphatic heterocycles. The van der Waals surface area contributed by atoms with Gasteiger partial charge < -0.3 is 15.1 Å². The van der Waals surface area contributed by atoms with E-state index in [-0.39, 0.29) is 17.1 Å². The molecule has 3 unspecified atom stereocenters. The maximum absolute atomic E-state index is 13.7. The number of aliphatic hydroxyl groups is 2. The fourth-order valence-corrected chi connectivity index (χ4v) is 1.75. The zero-order valence-electron chi connectivity index (χ0n) is 10.6. The van der Waals surface area contributed by atoms with Gasteiger partial charge in [0, 0.05) is 17.1 Å². The smallest absolute Gasteiger partial charge is 0.393 e. The molecule has 0 amide bonds. The van der Waals surface area contributed by atoms with Gasteiger partial charge in [-0.25, -0.2) is 4.39 Å². The van der Waals surface area contributed by atoms with Gasteiger partial charge in [0.1, 0.15) is 5.92 Å². The summed E-state index contributed by atoms with van der Waals surface area (Å²) in [6, 6.07) is 0. The number of rotatable bonds is 3. The summed E-state index contributed by atoms with van der Waals surface area (Å²) >= 11 is 0. The Labute approximate surface area is 131 Å². The second-order valence-corrected chi connectivity index (χ2v) is 4.13. The van der Waals surface area contributed by atoms with Crippen LogP contribution in [0.15, 0.2) is 0 Å². The van der Waals surface area contributed by atoms with Crippen molar-refractivity contribution in [3.63, 3.8) is 0 Å². The van der Waals surface area contributed by atoms with Crippen LogP contribution in [0.4, 0.5) is 32.2 Å². The molecular weight excluding hydrogens is 370 g/mol. The van der Waals surface area contributed by atoms with Crippen molar-refractivity contribution in [2.45, 2.75) is 25.3 Å². The van der Waals surface area contributed by atoms with Gasteiger partial charge in [-0.15, -0.1) is 0 Å². The zero-order chi connectivity index (χ0) is 16.5. The summed E-state index contributed by atoms with van der Waals surface area (Å²) < 4.78 is 78.4. The number of hydrogen-bond donors (Lipinski definition) is 2. The first-order chi connectivity index (χ1) is 9.52. The second-order valence-electron chi connectivity index (χ2n) is 4.13. The predicted octanol–water partition coefficient (Wildman–Crippen LogP) is 2.64. The molecule has 3 atom stereocenters. The molecule has 0 fully saturated rings. The number of alkyl halides is 3. The van der Waals surface area contributed by atoms with Crippen LogP contribution in [-0.2, 0) is 17.1 Å². The van der Waals surface area contributed by atoms with Crippen LogP contribution >= 0.6 is 0 Å². The first-order valence-electron chi connectivity index (χ1n) is 5.37. The molecule has 1 radical (unpaired) electrons. The normalized spacial score (nSPS) is 15.5. The Kier molecular flexibility index (Phi) is 6.84. The van der Waals surface area contributed by atoms with Crippen molar-refractivity contribution >= 4 is 5.82 Å². The Morgan fingerprint density at radius 3 is 2.00 bits per heavy atom. The van der Waals surface area contributed by atoms with E-state index in [1.807, 2.05) is 0 Å². The summed E-state index contributed by atoms with van der Waals surface area (Å²) in [7, 11) is 0. The third-order valence-corrected chi connectivity index (χ3v) is 2.69. The molecule has 4 nitrogen and oxygen atoms in total. The minimum absolute atomic E-state index is 0. The van der Waals surface area contributed by atoms with E-state index in [0.717, 1.165) is 0 Å². The summed E-state index contributed by atoms with van der Waals surface area (Å²) in [6.45, 7) is 7.13. The van der Waals surface area contributed by atoms with Gasteiger partial charge >= 0.3 is 17.9 Å². The van der Waals surface area contributed by atoms with Gasteiger partial charge in [-0.05, 0) is 6.92 Å². The van der Waals surface area contributed by atoms with Crippen molar-refractivity contribution in [3.05, 3.63) is 34.6 Å². The van der Waals surface area contributed by atoms with E-state index in [9.17, 15) is 31.4 Å². The van der Waals surface area contributed by atoms with E-state index < -0.39 is 53.3 Å². The van der Waals surface area contributed by atoms with Crippen LogP contribution in [0.25, 0.3) is 4.85 Å². The Bertz CT molecular complexity index is 587. The molecule has 0 aliphatic carbocycles. The maximum atomic E-state index is 13.7.